The number of fused-ring (bicyclic) bond motifs is 5. The van der Waals surface area contributed by atoms with Crippen LogP contribution in [0.25, 0.3) is 0 Å². The van der Waals surface area contributed by atoms with Gasteiger partial charge in [-0.1, -0.05) is 25.5 Å². The summed E-state index contributed by atoms with van der Waals surface area (Å²) in [5, 5.41) is 43.1. The van der Waals surface area contributed by atoms with E-state index in [1.54, 1.807) is 0 Å². The highest BCUT2D eigenvalue weighted by Crippen LogP contribution is 2.67. The lowest BCUT2D eigenvalue weighted by Crippen LogP contribution is -2.54. The van der Waals surface area contributed by atoms with Crippen LogP contribution in [0.5, 0.6) is 0 Å². The SMILES string of the molecule is CC(C)(O)CCC[C@](C)(O)C1[C@@H](O)CC2C3CC=C4C[C@@H](O)CC[C@]4(C)C3CC[C@@]21C. The summed E-state index contributed by atoms with van der Waals surface area (Å²) in [5.41, 5.74) is -0.0134. The van der Waals surface area contributed by atoms with Gasteiger partial charge in [0, 0.05) is 5.92 Å². The number of aliphatic hydroxyl groups excluding tert-OH is 2. The molecule has 4 N–H and O–H groups in total. The second kappa shape index (κ2) is 7.82. The van der Waals surface area contributed by atoms with Crippen molar-refractivity contribution in [3.63, 3.8) is 0 Å². The first-order chi connectivity index (χ1) is 14.3. The number of hydrogen-bond acceptors (Lipinski definition) is 4. The van der Waals surface area contributed by atoms with Crippen molar-refractivity contribution < 1.29 is 20.4 Å². The normalized spacial score (nSPS) is 47.1. The summed E-state index contributed by atoms with van der Waals surface area (Å²) in [6, 6.07) is 0. The molecule has 0 spiro atoms. The van der Waals surface area contributed by atoms with E-state index in [2.05, 4.69) is 19.9 Å². The lowest BCUT2D eigenvalue weighted by Gasteiger charge is -2.58. The predicted molar refractivity (Wildman–Crippen MR) is 123 cm³/mol. The minimum atomic E-state index is -0.921. The van der Waals surface area contributed by atoms with Crippen LogP contribution in [0.1, 0.15) is 98.8 Å². The van der Waals surface area contributed by atoms with Gasteiger partial charge >= 0.3 is 0 Å². The van der Waals surface area contributed by atoms with Crippen LogP contribution in [0.15, 0.2) is 11.6 Å². The third-order valence-corrected chi connectivity index (χ3v) is 10.2. The molecule has 4 rings (SSSR count). The molecule has 0 aromatic heterocycles. The van der Waals surface area contributed by atoms with Crippen molar-refractivity contribution in [2.75, 3.05) is 0 Å². The molecule has 0 amide bonds. The van der Waals surface area contributed by atoms with Gasteiger partial charge in [-0.15, -0.1) is 0 Å². The van der Waals surface area contributed by atoms with Crippen LogP contribution in [0.2, 0.25) is 0 Å². The van der Waals surface area contributed by atoms with Crippen LogP contribution in [0.3, 0.4) is 0 Å². The highest BCUT2D eigenvalue weighted by Gasteiger charge is 2.64. The van der Waals surface area contributed by atoms with Gasteiger partial charge in [0.2, 0.25) is 0 Å². The fourth-order valence-electron chi connectivity index (χ4n) is 8.81. The second-order valence-corrected chi connectivity index (χ2v) is 13.0. The number of allylic oxidation sites excluding steroid dienone is 1. The first-order valence-electron chi connectivity index (χ1n) is 12.8. The molecule has 9 atom stereocenters. The molecule has 4 aliphatic rings. The molecule has 0 radical (unpaired) electrons. The minimum Gasteiger partial charge on any atom is -0.393 e. The molecule has 0 bridgehead atoms. The van der Waals surface area contributed by atoms with E-state index in [0.29, 0.717) is 30.6 Å². The Morgan fingerprint density at radius 2 is 1.71 bits per heavy atom. The van der Waals surface area contributed by atoms with Crippen molar-refractivity contribution >= 4 is 0 Å². The van der Waals surface area contributed by atoms with Gasteiger partial charge in [-0.25, -0.2) is 0 Å². The monoisotopic (exact) mass is 434 g/mol. The Balaban J connectivity index is 1.56. The Hall–Kier alpha value is -0.420. The zero-order valence-corrected chi connectivity index (χ0v) is 20.4. The van der Waals surface area contributed by atoms with Crippen molar-refractivity contribution in [3.05, 3.63) is 11.6 Å². The summed E-state index contributed by atoms with van der Waals surface area (Å²) in [5.74, 6) is 1.52. The van der Waals surface area contributed by atoms with E-state index in [0.717, 1.165) is 51.4 Å². The fourth-order valence-corrected chi connectivity index (χ4v) is 8.81. The molecule has 0 aromatic rings. The molecule has 0 saturated heterocycles. The molecule has 4 aliphatic carbocycles. The molecule has 0 heterocycles. The van der Waals surface area contributed by atoms with E-state index in [4.69, 9.17) is 0 Å². The molecule has 0 aromatic carbocycles. The van der Waals surface area contributed by atoms with Crippen molar-refractivity contribution in [2.45, 2.75) is 122 Å². The summed E-state index contributed by atoms with van der Waals surface area (Å²) in [7, 11) is 0. The lowest BCUT2D eigenvalue weighted by atomic mass is 9.46. The summed E-state index contributed by atoms with van der Waals surface area (Å²) < 4.78 is 0. The van der Waals surface area contributed by atoms with Crippen molar-refractivity contribution in [3.8, 4) is 0 Å². The van der Waals surface area contributed by atoms with E-state index in [9.17, 15) is 20.4 Å². The number of aliphatic hydroxyl groups is 4. The van der Waals surface area contributed by atoms with Crippen LogP contribution >= 0.6 is 0 Å². The maximum Gasteiger partial charge on any atom is 0.0677 e. The number of hydrogen-bond donors (Lipinski definition) is 4. The molecular formula is C27H46O4. The van der Waals surface area contributed by atoms with Gasteiger partial charge in [0.25, 0.3) is 0 Å². The Morgan fingerprint density at radius 1 is 1.00 bits per heavy atom. The van der Waals surface area contributed by atoms with Crippen LogP contribution < -0.4 is 0 Å². The van der Waals surface area contributed by atoms with Crippen LogP contribution in [-0.4, -0.2) is 43.8 Å². The average molecular weight is 435 g/mol. The fraction of sp³-hybridized carbons (Fsp3) is 0.926. The third-order valence-electron chi connectivity index (χ3n) is 10.2. The van der Waals surface area contributed by atoms with E-state index in [1.807, 2.05) is 20.8 Å². The van der Waals surface area contributed by atoms with Gasteiger partial charge in [0.05, 0.1) is 23.4 Å². The Bertz CT molecular complexity index is 707. The van der Waals surface area contributed by atoms with E-state index < -0.39 is 17.3 Å². The van der Waals surface area contributed by atoms with Crippen LogP contribution in [0.4, 0.5) is 0 Å². The smallest absolute Gasteiger partial charge is 0.0677 e. The molecule has 0 aliphatic heterocycles. The summed E-state index contributed by atoms with van der Waals surface area (Å²) >= 11 is 0. The van der Waals surface area contributed by atoms with Gasteiger partial charge in [-0.3, -0.25) is 0 Å². The van der Waals surface area contributed by atoms with E-state index in [1.165, 1.54) is 5.57 Å². The van der Waals surface area contributed by atoms with Gasteiger partial charge in [0.15, 0.2) is 0 Å². The molecule has 3 saturated carbocycles. The number of rotatable bonds is 5. The molecular weight excluding hydrogens is 388 g/mol. The Morgan fingerprint density at radius 3 is 2.39 bits per heavy atom. The van der Waals surface area contributed by atoms with Crippen LogP contribution in [-0.2, 0) is 0 Å². The Kier molecular flexibility index (Phi) is 5.99. The minimum absolute atomic E-state index is 0.0469. The molecule has 4 nitrogen and oxygen atoms in total. The van der Waals surface area contributed by atoms with Gasteiger partial charge < -0.3 is 20.4 Å². The summed E-state index contributed by atoms with van der Waals surface area (Å²) in [6.07, 6.45) is 10.7. The lowest BCUT2D eigenvalue weighted by molar-refractivity contribution is -0.124. The van der Waals surface area contributed by atoms with E-state index in [-0.39, 0.29) is 22.9 Å². The van der Waals surface area contributed by atoms with Crippen molar-refractivity contribution in [2.24, 2.45) is 34.5 Å². The van der Waals surface area contributed by atoms with Gasteiger partial charge in [-0.05, 0) is 114 Å². The maximum absolute atomic E-state index is 11.6. The molecule has 178 valence electrons. The van der Waals surface area contributed by atoms with Crippen LogP contribution in [0, 0.1) is 34.5 Å². The third kappa shape index (κ3) is 4.05. The maximum atomic E-state index is 11.6. The zero-order chi connectivity index (χ0) is 22.8. The molecule has 4 unspecified atom stereocenters. The molecule has 4 heteroatoms. The van der Waals surface area contributed by atoms with E-state index >= 15 is 0 Å². The summed E-state index contributed by atoms with van der Waals surface area (Å²) in [4.78, 5) is 0. The first kappa shape index (κ1) is 23.7. The highest BCUT2D eigenvalue weighted by molar-refractivity contribution is 5.26. The zero-order valence-electron chi connectivity index (χ0n) is 20.4. The highest BCUT2D eigenvalue weighted by atomic mass is 16.3. The average Bonchev–Trinajstić information content (AvgIpc) is 2.92. The molecule has 3 fully saturated rings. The van der Waals surface area contributed by atoms with Gasteiger partial charge in [-0.2, -0.15) is 0 Å². The molecule has 31 heavy (non-hydrogen) atoms. The van der Waals surface area contributed by atoms with Crippen molar-refractivity contribution in [1.29, 1.82) is 0 Å². The van der Waals surface area contributed by atoms with Crippen molar-refractivity contribution in [1.82, 2.24) is 0 Å². The Labute approximate surface area is 189 Å². The quantitative estimate of drug-likeness (QED) is 0.477. The first-order valence-corrected chi connectivity index (χ1v) is 12.8. The summed E-state index contributed by atoms with van der Waals surface area (Å²) in [6.45, 7) is 10.3. The predicted octanol–water partition coefficient (Wildman–Crippen LogP) is 4.59. The standard InChI is InChI=1S/C27H46O4/c1-24(2,30)11-6-12-27(5,31)23-22(29)16-21-19-8-7-17-15-18(28)9-13-25(17,3)20(19)10-14-26(21,23)4/h7,18-23,28-31H,6,8-16H2,1-5H3/t18-,19?,20?,21?,22-,23?,25-,26-,27-/m0/s1. The largest absolute Gasteiger partial charge is 0.393 e. The van der Waals surface area contributed by atoms with Gasteiger partial charge in [0.1, 0.15) is 0 Å². The topological polar surface area (TPSA) is 80.9 Å². The second-order valence-electron chi connectivity index (χ2n) is 13.0.